The number of Topliss-reactive ketones (excluding diaryl/α,β-unsaturated/α-hetero) is 1. The zero-order valence-electron chi connectivity index (χ0n) is 11.4. The largest absolute Gasteiger partial charge is 0.294 e. The van der Waals surface area contributed by atoms with Crippen molar-refractivity contribution in [2.45, 2.75) is 26.7 Å². The smallest absolute Gasteiger partial charge is 0.167 e. The maximum Gasteiger partial charge on any atom is 0.167 e. The number of aromatic nitrogens is 2. The Hall–Kier alpha value is -1.61. The standard InChI is InChI=1S/C15H17ClN2O/c1-4-11-5-7-12(8-6-11)14(19)9-13-10(2)17-18(3)15(13)16/h5-8H,4,9H2,1-3H3. The first kappa shape index (κ1) is 13.8. The minimum atomic E-state index is 0.0700. The van der Waals surface area contributed by atoms with Gasteiger partial charge in [-0.05, 0) is 18.9 Å². The molecule has 0 atom stereocenters. The zero-order valence-corrected chi connectivity index (χ0v) is 12.2. The summed E-state index contributed by atoms with van der Waals surface area (Å²) in [5.74, 6) is 0.0700. The summed E-state index contributed by atoms with van der Waals surface area (Å²) < 4.78 is 1.60. The molecule has 100 valence electrons. The lowest BCUT2D eigenvalue weighted by Crippen LogP contribution is -2.04. The van der Waals surface area contributed by atoms with Crippen LogP contribution in [0.5, 0.6) is 0 Å². The lowest BCUT2D eigenvalue weighted by atomic mass is 10.0. The Balaban J connectivity index is 2.20. The Labute approximate surface area is 118 Å². The van der Waals surface area contributed by atoms with Crippen molar-refractivity contribution in [1.82, 2.24) is 9.78 Å². The highest BCUT2D eigenvalue weighted by Gasteiger charge is 2.16. The van der Waals surface area contributed by atoms with Crippen molar-refractivity contribution in [3.8, 4) is 0 Å². The molecule has 0 saturated heterocycles. The average molecular weight is 277 g/mol. The predicted molar refractivity (Wildman–Crippen MR) is 76.8 cm³/mol. The lowest BCUT2D eigenvalue weighted by Gasteiger charge is -2.03. The first-order chi connectivity index (χ1) is 9.02. The summed E-state index contributed by atoms with van der Waals surface area (Å²) in [6, 6.07) is 7.73. The van der Waals surface area contributed by atoms with E-state index in [4.69, 9.17) is 11.6 Å². The van der Waals surface area contributed by atoms with Gasteiger partial charge in [-0.1, -0.05) is 42.8 Å². The number of hydrogen-bond donors (Lipinski definition) is 0. The summed E-state index contributed by atoms with van der Waals surface area (Å²) in [4.78, 5) is 12.2. The molecule has 0 aliphatic rings. The van der Waals surface area contributed by atoms with Crippen LogP contribution >= 0.6 is 11.6 Å². The highest BCUT2D eigenvalue weighted by Crippen LogP contribution is 2.20. The van der Waals surface area contributed by atoms with Crippen molar-refractivity contribution in [2.75, 3.05) is 0 Å². The molecule has 3 nitrogen and oxygen atoms in total. The van der Waals surface area contributed by atoms with Crippen LogP contribution in [0.25, 0.3) is 0 Å². The molecule has 4 heteroatoms. The maximum atomic E-state index is 12.2. The highest BCUT2D eigenvalue weighted by molar-refractivity contribution is 6.30. The molecule has 1 heterocycles. The third-order valence-electron chi connectivity index (χ3n) is 3.29. The van der Waals surface area contributed by atoms with Crippen LogP contribution in [0.2, 0.25) is 5.15 Å². The van der Waals surface area contributed by atoms with Gasteiger partial charge >= 0.3 is 0 Å². The molecule has 0 unspecified atom stereocenters. The third kappa shape index (κ3) is 2.87. The summed E-state index contributed by atoms with van der Waals surface area (Å²) in [5, 5.41) is 4.76. The van der Waals surface area contributed by atoms with Crippen molar-refractivity contribution in [3.05, 3.63) is 51.8 Å². The highest BCUT2D eigenvalue weighted by atomic mass is 35.5. The molecule has 0 N–H and O–H groups in total. The van der Waals surface area contributed by atoms with E-state index in [1.165, 1.54) is 5.56 Å². The van der Waals surface area contributed by atoms with Crippen molar-refractivity contribution in [1.29, 1.82) is 0 Å². The molecule has 0 aliphatic carbocycles. The van der Waals surface area contributed by atoms with Crippen molar-refractivity contribution < 1.29 is 4.79 Å². The summed E-state index contributed by atoms with van der Waals surface area (Å²) >= 11 is 6.14. The number of carbonyl (C=O) groups excluding carboxylic acids is 1. The van der Waals surface area contributed by atoms with Gasteiger partial charge in [-0.3, -0.25) is 9.48 Å². The summed E-state index contributed by atoms with van der Waals surface area (Å²) in [6.45, 7) is 3.96. The van der Waals surface area contributed by atoms with E-state index in [1.54, 1.807) is 11.7 Å². The quantitative estimate of drug-likeness (QED) is 0.803. The van der Waals surface area contributed by atoms with Crippen LogP contribution in [0.15, 0.2) is 24.3 Å². The van der Waals surface area contributed by atoms with E-state index in [1.807, 2.05) is 31.2 Å². The minimum Gasteiger partial charge on any atom is -0.294 e. The van der Waals surface area contributed by atoms with Gasteiger partial charge < -0.3 is 0 Å². The molecule has 2 aromatic rings. The number of hydrogen-bond acceptors (Lipinski definition) is 2. The van der Waals surface area contributed by atoms with Crippen LogP contribution in [0, 0.1) is 6.92 Å². The molecule has 1 aromatic heterocycles. The molecule has 19 heavy (non-hydrogen) atoms. The molecular formula is C15H17ClN2O. The number of ketones is 1. The predicted octanol–water partition coefficient (Wildman–Crippen LogP) is 3.37. The molecule has 0 fully saturated rings. The van der Waals surface area contributed by atoms with Gasteiger partial charge in [0.1, 0.15) is 5.15 Å². The van der Waals surface area contributed by atoms with Gasteiger partial charge in [0.05, 0.1) is 5.69 Å². The maximum absolute atomic E-state index is 12.2. The third-order valence-corrected chi connectivity index (χ3v) is 3.76. The Morgan fingerprint density at radius 2 is 1.95 bits per heavy atom. The van der Waals surface area contributed by atoms with Crippen LogP contribution in [-0.2, 0) is 19.9 Å². The Bertz CT molecular complexity index is 599. The molecule has 0 bridgehead atoms. The van der Waals surface area contributed by atoms with E-state index in [2.05, 4.69) is 12.0 Å². The SMILES string of the molecule is CCc1ccc(C(=O)Cc2c(C)nn(C)c2Cl)cc1. The number of halogens is 1. The number of benzene rings is 1. The van der Waals surface area contributed by atoms with E-state index in [-0.39, 0.29) is 5.78 Å². The van der Waals surface area contributed by atoms with E-state index in [0.717, 1.165) is 23.2 Å². The first-order valence-electron chi connectivity index (χ1n) is 6.33. The van der Waals surface area contributed by atoms with E-state index in [9.17, 15) is 4.79 Å². The van der Waals surface area contributed by atoms with E-state index >= 15 is 0 Å². The second kappa shape index (κ2) is 5.57. The first-order valence-corrected chi connectivity index (χ1v) is 6.70. The van der Waals surface area contributed by atoms with Gasteiger partial charge in [-0.15, -0.1) is 0 Å². The number of rotatable bonds is 4. The van der Waals surface area contributed by atoms with Crippen LogP contribution in [0.3, 0.4) is 0 Å². The fraction of sp³-hybridized carbons (Fsp3) is 0.333. The Morgan fingerprint density at radius 1 is 1.32 bits per heavy atom. The summed E-state index contributed by atoms with van der Waals surface area (Å²) in [6.07, 6.45) is 1.27. The molecule has 0 amide bonds. The van der Waals surface area contributed by atoms with Crippen molar-refractivity contribution >= 4 is 17.4 Å². The van der Waals surface area contributed by atoms with Gasteiger partial charge in [-0.2, -0.15) is 5.10 Å². The normalized spacial score (nSPS) is 10.7. The molecule has 0 radical (unpaired) electrons. The molecule has 0 aliphatic heterocycles. The summed E-state index contributed by atoms with van der Waals surface area (Å²) in [7, 11) is 1.78. The Kier molecular flexibility index (Phi) is 4.05. The van der Waals surface area contributed by atoms with Gasteiger partial charge in [0.2, 0.25) is 0 Å². The second-order valence-electron chi connectivity index (χ2n) is 4.63. The van der Waals surface area contributed by atoms with Crippen LogP contribution in [0.1, 0.15) is 34.1 Å². The molecule has 0 saturated carbocycles. The van der Waals surface area contributed by atoms with E-state index < -0.39 is 0 Å². The van der Waals surface area contributed by atoms with Crippen molar-refractivity contribution in [2.24, 2.45) is 7.05 Å². The van der Waals surface area contributed by atoms with Crippen LogP contribution in [0.4, 0.5) is 0 Å². The summed E-state index contributed by atoms with van der Waals surface area (Å²) in [5.41, 5.74) is 3.57. The average Bonchev–Trinajstić information content (AvgIpc) is 2.65. The van der Waals surface area contributed by atoms with Crippen molar-refractivity contribution in [3.63, 3.8) is 0 Å². The van der Waals surface area contributed by atoms with Crippen LogP contribution < -0.4 is 0 Å². The number of carbonyl (C=O) groups is 1. The van der Waals surface area contributed by atoms with Gasteiger partial charge in [0.25, 0.3) is 0 Å². The van der Waals surface area contributed by atoms with Crippen LogP contribution in [-0.4, -0.2) is 15.6 Å². The molecular weight excluding hydrogens is 260 g/mol. The Morgan fingerprint density at radius 3 is 2.42 bits per heavy atom. The van der Waals surface area contributed by atoms with Gasteiger partial charge in [0, 0.05) is 24.6 Å². The minimum absolute atomic E-state index is 0.0700. The monoisotopic (exact) mass is 276 g/mol. The molecule has 0 spiro atoms. The van der Waals surface area contributed by atoms with Gasteiger partial charge in [-0.25, -0.2) is 0 Å². The zero-order chi connectivity index (χ0) is 14.0. The molecule has 1 aromatic carbocycles. The number of nitrogens with zero attached hydrogens (tertiary/aromatic N) is 2. The fourth-order valence-electron chi connectivity index (χ4n) is 2.06. The fourth-order valence-corrected chi connectivity index (χ4v) is 2.31. The van der Waals surface area contributed by atoms with Gasteiger partial charge in [0.15, 0.2) is 5.78 Å². The topological polar surface area (TPSA) is 34.9 Å². The molecule has 2 rings (SSSR count). The number of aryl methyl sites for hydroxylation is 3. The second-order valence-corrected chi connectivity index (χ2v) is 4.99. The lowest BCUT2D eigenvalue weighted by molar-refractivity contribution is 0.0992. The van der Waals surface area contributed by atoms with E-state index in [0.29, 0.717) is 11.6 Å².